The van der Waals surface area contributed by atoms with Gasteiger partial charge in [0.1, 0.15) is 13.2 Å². The Morgan fingerprint density at radius 3 is 2.41 bits per heavy atom. The zero-order chi connectivity index (χ0) is 11.7. The van der Waals surface area contributed by atoms with Crippen LogP contribution < -0.4 is 14.8 Å². The Morgan fingerprint density at radius 2 is 1.71 bits per heavy atom. The molecule has 4 heteroatoms. The number of halogens is 1. The van der Waals surface area contributed by atoms with Gasteiger partial charge >= 0.3 is 0 Å². The molecule has 0 unspecified atom stereocenters. The van der Waals surface area contributed by atoms with Crippen molar-refractivity contribution in [1.82, 2.24) is 0 Å². The molecular formula is C13H16ClNO2. The van der Waals surface area contributed by atoms with Crippen LogP contribution in [0.2, 0.25) is 5.02 Å². The van der Waals surface area contributed by atoms with Gasteiger partial charge in [-0.1, -0.05) is 24.4 Å². The molecule has 0 spiro atoms. The molecule has 0 aromatic heterocycles. The number of hydrogen-bond acceptors (Lipinski definition) is 3. The van der Waals surface area contributed by atoms with Gasteiger partial charge in [-0.25, -0.2) is 0 Å². The summed E-state index contributed by atoms with van der Waals surface area (Å²) in [7, 11) is 0. The third kappa shape index (κ3) is 2.29. The summed E-state index contributed by atoms with van der Waals surface area (Å²) in [5.74, 6) is 1.54. The number of rotatable bonds is 2. The lowest BCUT2D eigenvalue weighted by molar-refractivity contribution is 0.171. The van der Waals surface area contributed by atoms with Crippen LogP contribution in [-0.2, 0) is 0 Å². The molecule has 0 bridgehead atoms. The number of nitrogens with one attached hydrogen (secondary N) is 1. The van der Waals surface area contributed by atoms with Crippen molar-refractivity contribution < 1.29 is 9.47 Å². The van der Waals surface area contributed by atoms with Crippen molar-refractivity contribution in [2.24, 2.45) is 0 Å². The second-order valence-corrected chi connectivity index (χ2v) is 5.01. The standard InChI is InChI=1S/C13H16ClNO2/c14-10-7-12-13(17-6-5-16-12)8-11(10)15-9-3-1-2-4-9/h7-9,15H,1-6H2. The van der Waals surface area contributed by atoms with E-state index in [1.165, 1.54) is 25.7 Å². The molecule has 1 aromatic rings. The van der Waals surface area contributed by atoms with Crippen LogP contribution in [0.3, 0.4) is 0 Å². The van der Waals surface area contributed by atoms with Crippen molar-refractivity contribution in [3.8, 4) is 11.5 Å². The van der Waals surface area contributed by atoms with E-state index in [4.69, 9.17) is 21.1 Å². The van der Waals surface area contributed by atoms with E-state index in [-0.39, 0.29) is 0 Å². The van der Waals surface area contributed by atoms with Crippen molar-refractivity contribution in [3.63, 3.8) is 0 Å². The molecule has 17 heavy (non-hydrogen) atoms. The van der Waals surface area contributed by atoms with Crippen LogP contribution in [0.15, 0.2) is 12.1 Å². The Kier molecular flexibility index (Phi) is 3.02. The SMILES string of the molecule is Clc1cc2c(cc1NC1CCCC1)OCCO2. The fourth-order valence-electron chi connectivity index (χ4n) is 2.46. The molecule has 92 valence electrons. The van der Waals surface area contributed by atoms with Gasteiger partial charge in [0.15, 0.2) is 11.5 Å². The maximum atomic E-state index is 6.24. The Morgan fingerprint density at radius 1 is 1.06 bits per heavy atom. The Balaban J connectivity index is 1.83. The van der Waals surface area contributed by atoms with Gasteiger partial charge in [0.25, 0.3) is 0 Å². The molecule has 2 aliphatic rings. The van der Waals surface area contributed by atoms with Gasteiger partial charge < -0.3 is 14.8 Å². The molecule has 1 aliphatic heterocycles. The first kappa shape index (κ1) is 11.0. The summed E-state index contributed by atoms with van der Waals surface area (Å²) in [6.07, 6.45) is 5.06. The molecule has 3 nitrogen and oxygen atoms in total. The predicted molar refractivity (Wildman–Crippen MR) is 68.3 cm³/mol. The van der Waals surface area contributed by atoms with Crippen LogP contribution in [0.5, 0.6) is 11.5 Å². The number of ether oxygens (including phenoxy) is 2. The third-order valence-electron chi connectivity index (χ3n) is 3.35. The van der Waals surface area contributed by atoms with E-state index in [1.54, 1.807) is 0 Å². The zero-order valence-corrected chi connectivity index (χ0v) is 10.4. The highest BCUT2D eigenvalue weighted by Gasteiger charge is 2.19. The van der Waals surface area contributed by atoms with Crippen molar-refractivity contribution >= 4 is 17.3 Å². The first-order valence-corrected chi connectivity index (χ1v) is 6.56. The predicted octanol–water partition coefficient (Wildman–Crippen LogP) is 3.47. The van der Waals surface area contributed by atoms with Gasteiger partial charge in [0.2, 0.25) is 0 Å². The van der Waals surface area contributed by atoms with Gasteiger partial charge in [-0.05, 0) is 12.8 Å². The molecule has 0 radical (unpaired) electrons. The van der Waals surface area contributed by atoms with E-state index in [1.807, 2.05) is 12.1 Å². The highest BCUT2D eigenvalue weighted by atomic mass is 35.5. The van der Waals surface area contributed by atoms with Crippen LogP contribution in [0.1, 0.15) is 25.7 Å². The number of anilines is 1. The summed E-state index contributed by atoms with van der Waals surface area (Å²) >= 11 is 6.24. The topological polar surface area (TPSA) is 30.5 Å². The molecule has 1 saturated carbocycles. The summed E-state index contributed by atoms with van der Waals surface area (Å²) < 4.78 is 11.1. The van der Waals surface area contributed by atoms with E-state index < -0.39 is 0 Å². The van der Waals surface area contributed by atoms with Gasteiger partial charge in [-0.2, -0.15) is 0 Å². The molecule has 1 N–H and O–H groups in total. The molecule has 0 atom stereocenters. The molecular weight excluding hydrogens is 238 g/mol. The lowest BCUT2D eigenvalue weighted by Gasteiger charge is -2.21. The van der Waals surface area contributed by atoms with Crippen LogP contribution in [0, 0.1) is 0 Å². The largest absolute Gasteiger partial charge is 0.486 e. The average Bonchev–Trinajstić information content (AvgIpc) is 2.83. The number of hydrogen-bond donors (Lipinski definition) is 1. The monoisotopic (exact) mass is 253 g/mol. The second-order valence-electron chi connectivity index (χ2n) is 4.60. The van der Waals surface area contributed by atoms with Gasteiger partial charge in [0.05, 0.1) is 10.7 Å². The van der Waals surface area contributed by atoms with Crippen molar-refractivity contribution in [3.05, 3.63) is 17.2 Å². The second kappa shape index (κ2) is 4.65. The zero-order valence-electron chi connectivity index (χ0n) is 9.67. The van der Waals surface area contributed by atoms with E-state index in [0.717, 1.165) is 17.2 Å². The van der Waals surface area contributed by atoms with Crippen molar-refractivity contribution in [1.29, 1.82) is 0 Å². The van der Waals surface area contributed by atoms with Crippen LogP contribution in [0.25, 0.3) is 0 Å². The first-order chi connectivity index (χ1) is 8.33. The molecule has 0 amide bonds. The maximum Gasteiger partial charge on any atom is 0.163 e. The minimum absolute atomic E-state index is 0.551. The molecule has 3 rings (SSSR count). The Labute approximate surface area is 106 Å². The quantitative estimate of drug-likeness (QED) is 0.876. The van der Waals surface area contributed by atoms with Crippen LogP contribution in [0.4, 0.5) is 5.69 Å². The minimum Gasteiger partial charge on any atom is -0.486 e. The van der Waals surface area contributed by atoms with E-state index in [2.05, 4.69) is 5.32 Å². The lowest BCUT2D eigenvalue weighted by atomic mass is 10.2. The summed E-state index contributed by atoms with van der Waals surface area (Å²) in [5, 5.41) is 4.20. The van der Waals surface area contributed by atoms with Crippen LogP contribution in [-0.4, -0.2) is 19.3 Å². The number of benzene rings is 1. The number of fused-ring (bicyclic) bond motifs is 1. The van der Waals surface area contributed by atoms with E-state index in [9.17, 15) is 0 Å². The highest BCUT2D eigenvalue weighted by molar-refractivity contribution is 6.33. The summed E-state index contributed by atoms with van der Waals surface area (Å²) in [5.41, 5.74) is 0.961. The van der Waals surface area contributed by atoms with Crippen molar-refractivity contribution in [2.45, 2.75) is 31.7 Å². The Hall–Kier alpha value is -1.09. The Bertz CT molecular complexity index is 416. The molecule has 1 heterocycles. The van der Waals surface area contributed by atoms with Crippen molar-refractivity contribution in [2.75, 3.05) is 18.5 Å². The fourth-order valence-corrected chi connectivity index (χ4v) is 2.67. The van der Waals surface area contributed by atoms with Crippen LogP contribution >= 0.6 is 11.6 Å². The summed E-state index contributed by atoms with van der Waals surface area (Å²) in [4.78, 5) is 0. The lowest BCUT2D eigenvalue weighted by Crippen LogP contribution is -2.17. The van der Waals surface area contributed by atoms with Gasteiger partial charge in [0, 0.05) is 18.2 Å². The smallest absolute Gasteiger partial charge is 0.163 e. The molecule has 0 saturated heterocycles. The molecule has 1 aliphatic carbocycles. The van der Waals surface area contributed by atoms with Gasteiger partial charge in [-0.3, -0.25) is 0 Å². The average molecular weight is 254 g/mol. The molecule has 1 aromatic carbocycles. The van der Waals surface area contributed by atoms with E-state index in [0.29, 0.717) is 24.3 Å². The summed E-state index contributed by atoms with van der Waals surface area (Å²) in [6.45, 7) is 1.20. The fraction of sp³-hybridized carbons (Fsp3) is 0.538. The highest BCUT2D eigenvalue weighted by Crippen LogP contribution is 2.38. The first-order valence-electron chi connectivity index (χ1n) is 6.18. The molecule has 1 fully saturated rings. The van der Waals surface area contributed by atoms with Gasteiger partial charge in [-0.15, -0.1) is 0 Å². The normalized spacial score (nSPS) is 19.4. The van der Waals surface area contributed by atoms with E-state index >= 15 is 0 Å². The minimum atomic E-state index is 0.551. The third-order valence-corrected chi connectivity index (χ3v) is 3.66. The maximum absolute atomic E-state index is 6.24. The summed E-state index contributed by atoms with van der Waals surface area (Å²) in [6, 6.07) is 4.35.